The molecule has 0 unspecified atom stereocenters. The summed E-state index contributed by atoms with van der Waals surface area (Å²) in [5.74, 6) is 1.12. The maximum absolute atomic E-state index is 12.6. The van der Waals surface area contributed by atoms with Crippen LogP contribution in [-0.2, 0) is 4.79 Å². The normalized spacial score (nSPS) is 13.3. The number of halogens is 2. The number of carbonyl (C=O) groups excluding carboxylic acids is 1. The fraction of sp³-hybridized carbons (Fsp3) is 0.167. The average molecular weight is 486 g/mol. The van der Waals surface area contributed by atoms with E-state index in [0.717, 1.165) is 0 Å². The minimum Gasteiger partial charge on any atom is -0.454 e. The van der Waals surface area contributed by atoms with Crippen LogP contribution in [0.4, 0.5) is 5.69 Å². The molecular formula is C18H13Cl2N3O3S3. The van der Waals surface area contributed by atoms with Gasteiger partial charge in [-0.2, -0.15) is 0 Å². The smallest absolute Gasteiger partial charge is 0.237 e. The summed E-state index contributed by atoms with van der Waals surface area (Å²) in [5, 5.41) is 7.87. The van der Waals surface area contributed by atoms with E-state index in [1.54, 1.807) is 48.0 Å². The monoisotopic (exact) mass is 485 g/mol. The third kappa shape index (κ3) is 4.54. The van der Waals surface area contributed by atoms with Gasteiger partial charge < -0.3 is 14.8 Å². The SMILES string of the molecule is C[C@@H](Sc1nn(-c2ccc(Cl)c(Cl)c2)c(=S)s1)C(=O)Nc1ccc2c(c1)OCO2. The number of nitrogens with one attached hydrogen (secondary N) is 1. The molecular weight excluding hydrogens is 473 g/mol. The van der Waals surface area contributed by atoms with Crippen LogP contribution < -0.4 is 14.8 Å². The van der Waals surface area contributed by atoms with Crippen molar-refractivity contribution in [2.24, 2.45) is 0 Å². The molecule has 0 bridgehead atoms. The van der Waals surface area contributed by atoms with Gasteiger partial charge in [0.2, 0.25) is 12.7 Å². The van der Waals surface area contributed by atoms with Crippen molar-refractivity contribution in [2.45, 2.75) is 16.5 Å². The number of aromatic nitrogens is 2. The highest BCUT2D eigenvalue weighted by Crippen LogP contribution is 2.35. The number of benzene rings is 2. The molecule has 1 aromatic heterocycles. The first-order chi connectivity index (χ1) is 13.9. The van der Waals surface area contributed by atoms with Crippen LogP contribution in [0.1, 0.15) is 6.92 Å². The first-order valence-corrected chi connectivity index (χ1v) is 11.2. The second-order valence-corrected chi connectivity index (χ2v) is 9.99. The predicted octanol–water partition coefficient (Wildman–Crippen LogP) is 5.82. The van der Waals surface area contributed by atoms with Gasteiger partial charge in [0.15, 0.2) is 19.8 Å². The van der Waals surface area contributed by atoms with Gasteiger partial charge in [-0.3, -0.25) is 4.79 Å². The fourth-order valence-corrected chi connectivity index (χ4v) is 5.31. The molecule has 0 spiro atoms. The zero-order valence-electron chi connectivity index (χ0n) is 14.8. The Morgan fingerprint density at radius 2 is 2.03 bits per heavy atom. The quantitative estimate of drug-likeness (QED) is 0.362. The van der Waals surface area contributed by atoms with Crippen molar-refractivity contribution >= 4 is 70.1 Å². The molecule has 4 rings (SSSR count). The van der Waals surface area contributed by atoms with E-state index in [0.29, 0.717) is 41.2 Å². The molecule has 1 aliphatic heterocycles. The van der Waals surface area contributed by atoms with Crippen LogP contribution in [0.2, 0.25) is 10.0 Å². The van der Waals surface area contributed by atoms with Crippen LogP contribution in [0.3, 0.4) is 0 Å². The second kappa shape index (κ2) is 8.53. The number of hydrogen-bond acceptors (Lipinski definition) is 7. The van der Waals surface area contributed by atoms with Gasteiger partial charge in [-0.25, -0.2) is 4.68 Å². The number of rotatable bonds is 5. The molecule has 3 aromatic rings. The fourth-order valence-electron chi connectivity index (χ4n) is 2.51. The molecule has 0 aliphatic carbocycles. The zero-order valence-corrected chi connectivity index (χ0v) is 18.8. The summed E-state index contributed by atoms with van der Waals surface area (Å²) in [5.41, 5.74) is 1.35. The van der Waals surface area contributed by atoms with Crippen molar-refractivity contribution in [1.82, 2.24) is 9.78 Å². The molecule has 1 aliphatic rings. The minimum absolute atomic E-state index is 0.156. The lowest BCUT2D eigenvalue weighted by Gasteiger charge is -2.10. The Balaban J connectivity index is 1.45. The number of hydrogen-bond donors (Lipinski definition) is 1. The number of amides is 1. The number of nitrogens with zero attached hydrogens (tertiary/aromatic N) is 2. The minimum atomic E-state index is -0.386. The molecule has 1 N–H and O–H groups in total. The summed E-state index contributed by atoms with van der Waals surface area (Å²) >= 11 is 20.1. The summed E-state index contributed by atoms with van der Waals surface area (Å²) in [7, 11) is 0. The van der Waals surface area contributed by atoms with Crippen LogP contribution >= 0.6 is 58.5 Å². The highest BCUT2D eigenvalue weighted by molar-refractivity contribution is 8.02. The molecule has 0 radical (unpaired) electrons. The number of thioether (sulfide) groups is 1. The van der Waals surface area contributed by atoms with Gasteiger partial charge in [0.1, 0.15) is 0 Å². The molecule has 2 heterocycles. The Bertz CT molecular complexity index is 1150. The van der Waals surface area contributed by atoms with Gasteiger partial charge in [-0.15, -0.1) is 5.10 Å². The molecule has 29 heavy (non-hydrogen) atoms. The first kappa shape index (κ1) is 20.5. The summed E-state index contributed by atoms with van der Waals surface area (Å²) in [6, 6.07) is 10.4. The van der Waals surface area contributed by atoms with Crippen LogP contribution in [0.5, 0.6) is 11.5 Å². The van der Waals surface area contributed by atoms with Crippen LogP contribution in [0.15, 0.2) is 40.7 Å². The lowest BCUT2D eigenvalue weighted by molar-refractivity contribution is -0.115. The Morgan fingerprint density at radius 1 is 1.24 bits per heavy atom. The molecule has 0 saturated carbocycles. The van der Waals surface area contributed by atoms with E-state index in [4.69, 9.17) is 44.9 Å². The van der Waals surface area contributed by atoms with Gasteiger partial charge in [-0.1, -0.05) is 46.3 Å². The van der Waals surface area contributed by atoms with Gasteiger partial charge in [0.05, 0.1) is 21.0 Å². The maximum atomic E-state index is 12.6. The van der Waals surface area contributed by atoms with E-state index in [2.05, 4.69) is 10.4 Å². The lowest BCUT2D eigenvalue weighted by Crippen LogP contribution is -2.22. The van der Waals surface area contributed by atoms with E-state index in [-0.39, 0.29) is 18.0 Å². The highest BCUT2D eigenvalue weighted by Gasteiger charge is 2.19. The molecule has 6 nitrogen and oxygen atoms in total. The van der Waals surface area contributed by atoms with Gasteiger partial charge in [0.25, 0.3) is 0 Å². The first-order valence-electron chi connectivity index (χ1n) is 8.33. The van der Waals surface area contributed by atoms with Crippen LogP contribution in [0.25, 0.3) is 5.69 Å². The molecule has 1 atom stereocenters. The Hall–Kier alpha value is -1.78. The molecule has 150 valence electrons. The van der Waals surface area contributed by atoms with Crippen LogP contribution in [0, 0.1) is 3.95 Å². The Morgan fingerprint density at radius 3 is 2.83 bits per heavy atom. The standard InChI is InChI=1S/C18H13Cl2N3O3S3/c1-9(16(24)21-10-2-5-14-15(6-10)26-8-25-14)28-17-22-23(18(27)29-17)11-3-4-12(19)13(20)7-11/h2-7,9H,8H2,1H3,(H,21,24)/t9-/m1/s1. The number of anilines is 1. The van der Waals surface area contributed by atoms with Crippen molar-refractivity contribution in [3.05, 3.63) is 50.4 Å². The van der Waals surface area contributed by atoms with Crippen molar-refractivity contribution in [2.75, 3.05) is 12.1 Å². The molecule has 11 heteroatoms. The summed E-state index contributed by atoms with van der Waals surface area (Å²) in [6.45, 7) is 1.99. The Kier molecular flexibility index (Phi) is 6.03. The number of ether oxygens (including phenoxy) is 2. The van der Waals surface area contributed by atoms with Crippen LogP contribution in [-0.4, -0.2) is 27.7 Å². The van der Waals surface area contributed by atoms with Crippen molar-refractivity contribution < 1.29 is 14.3 Å². The van der Waals surface area contributed by atoms with Crippen molar-refractivity contribution in [3.8, 4) is 17.2 Å². The topological polar surface area (TPSA) is 65.4 Å². The zero-order chi connectivity index (χ0) is 20.5. The third-order valence-corrected chi connectivity index (χ3v) is 7.12. The van der Waals surface area contributed by atoms with Crippen molar-refractivity contribution in [1.29, 1.82) is 0 Å². The highest BCUT2D eigenvalue weighted by atomic mass is 35.5. The Labute approximate surface area is 189 Å². The van der Waals surface area contributed by atoms with Gasteiger partial charge in [0, 0.05) is 11.8 Å². The van der Waals surface area contributed by atoms with E-state index >= 15 is 0 Å². The summed E-state index contributed by atoms with van der Waals surface area (Å²) < 4.78 is 13.4. The summed E-state index contributed by atoms with van der Waals surface area (Å²) in [4.78, 5) is 12.6. The summed E-state index contributed by atoms with van der Waals surface area (Å²) in [6.07, 6.45) is 0. The molecule has 1 amide bonds. The lowest BCUT2D eigenvalue weighted by atomic mass is 10.2. The molecule has 0 saturated heterocycles. The van der Waals surface area contributed by atoms with E-state index in [9.17, 15) is 4.79 Å². The van der Waals surface area contributed by atoms with E-state index in [1.807, 2.05) is 0 Å². The number of fused-ring (bicyclic) bond motifs is 1. The largest absolute Gasteiger partial charge is 0.454 e. The maximum Gasteiger partial charge on any atom is 0.237 e. The van der Waals surface area contributed by atoms with Crippen molar-refractivity contribution in [3.63, 3.8) is 0 Å². The van der Waals surface area contributed by atoms with E-state index in [1.165, 1.54) is 23.1 Å². The second-order valence-electron chi connectivity index (χ2n) is 5.96. The van der Waals surface area contributed by atoms with E-state index < -0.39 is 0 Å². The molecule has 2 aromatic carbocycles. The predicted molar refractivity (Wildman–Crippen MR) is 119 cm³/mol. The third-order valence-electron chi connectivity index (χ3n) is 3.96. The number of carbonyl (C=O) groups is 1. The average Bonchev–Trinajstić information content (AvgIpc) is 3.29. The van der Waals surface area contributed by atoms with Gasteiger partial charge in [-0.05, 0) is 49.5 Å². The molecule has 0 fully saturated rings. The van der Waals surface area contributed by atoms with Gasteiger partial charge >= 0.3 is 0 Å².